The van der Waals surface area contributed by atoms with Gasteiger partial charge in [-0.3, -0.25) is 10.1 Å². The van der Waals surface area contributed by atoms with Crippen molar-refractivity contribution < 1.29 is 18.8 Å². The van der Waals surface area contributed by atoms with Crippen LogP contribution in [0.15, 0.2) is 53.9 Å². The lowest BCUT2D eigenvalue weighted by atomic mass is 10.2. The fourth-order valence-corrected chi connectivity index (χ4v) is 3.43. The molecule has 2 N–H and O–H groups in total. The van der Waals surface area contributed by atoms with Crippen LogP contribution in [0.4, 0.5) is 9.52 Å². The third-order valence-electron chi connectivity index (χ3n) is 4.05. The van der Waals surface area contributed by atoms with Gasteiger partial charge in [-0.2, -0.15) is 0 Å². The lowest BCUT2D eigenvalue weighted by Crippen LogP contribution is -3.08. The van der Waals surface area contributed by atoms with E-state index in [1.165, 1.54) is 17.4 Å². The van der Waals surface area contributed by atoms with Crippen LogP contribution in [-0.4, -0.2) is 31.6 Å². The highest BCUT2D eigenvalue weighted by Gasteiger charge is 2.14. The van der Waals surface area contributed by atoms with Crippen molar-refractivity contribution in [3.8, 4) is 17.0 Å². The van der Waals surface area contributed by atoms with E-state index in [4.69, 9.17) is 4.74 Å². The van der Waals surface area contributed by atoms with Gasteiger partial charge in [0.25, 0.3) is 5.91 Å². The largest absolute Gasteiger partial charge is 0.497 e. The van der Waals surface area contributed by atoms with Crippen LogP contribution in [0, 0.1) is 5.82 Å². The monoisotopic (exact) mass is 386 g/mol. The van der Waals surface area contributed by atoms with E-state index in [-0.39, 0.29) is 18.3 Å². The molecule has 0 aliphatic carbocycles. The highest BCUT2D eigenvalue weighted by molar-refractivity contribution is 7.14. The topological polar surface area (TPSA) is 55.7 Å². The zero-order chi connectivity index (χ0) is 19.2. The number of nitrogens with zero attached hydrogens (tertiary/aromatic N) is 1. The Morgan fingerprint density at radius 3 is 2.67 bits per heavy atom. The number of carbonyl (C=O) groups excluding carboxylic acids is 1. The number of hydrogen-bond donors (Lipinski definition) is 2. The maximum absolute atomic E-state index is 13.7. The second kappa shape index (κ2) is 8.75. The van der Waals surface area contributed by atoms with E-state index in [9.17, 15) is 9.18 Å². The van der Waals surface area contributed by atoms with Crippen molar-refractivity contribution in [3.05, 3.63) is 65.3 Å². The molecule has 1 amide bonds. The van der Waals surface area contributed by atoms with Crippen LogP contribution in [0.2, 0.25) is 0 Å². The van der Waals surface area contributed by atoms with Gasteiger partial charge in [0.2, 0.25) is 0 Å². The van der Waals surface area contributed by atoms with E-state index in [0.717, 1.165) is 21.9 Å². The van der Waals surface area contributed by atoms with E-state index in [0.29, 0.717) is 17.2 Å². The first kappa shape index (κ1) is 19.0. The van der Waals surface area contributed by atoms with Crippen molar-refractivity contribution in [2.24, 2.45) is 0 Å². The lowest BCUT2D eigenvalue weighted by Gasteiger charge is -2.13. The average Bonchev–Trinajstić information content (AvgIpc) is 3.12. The molecule has 0 fully saturated rings. The summed E-state index contributed by atoms with van der Waals surface area (Å²) in [6.07, 6.45) is 0. The quantitative estimate of drug-likeness (QED) is 0.656. The van der Waals surface area contributed by atoms with Gasteiger partial charge in [0.15, 0.2) is 11.7 Å². The number of hydrogen-bond acceptors (Lipinski definition) is 4. The fraction of sp³-hybridized carbons (Fsp3) is 0.200. The van der Waals surface area contributed by atoms with Crippen molar-refractivity contribution in [1.82, 2.24) is 4.98 Å². The lowest BCUT2D eigenvalue weighted by molar-refractivity contribution is -0.885. The number of benzene rings is 2. The molecule has 0 spiro atoms. The predicted molar refractivity (Wildman–Crippen MR) is 105 cm³/mol. The number of thiazole rings is 1. The Morgan fingerprint density at radius 2 is 1.96 bits per heavy atom. The van der Waals surface area contributed by atoms with Crippen LogP contribution < -0.4 is 15.0 Å². The van der Waals surface area contributed by atoms with Gasteiger partial charge in [-0.25, -0.2) is 9.37 Å². The van der Waals surface area contributed by atoms with Crippen LogP contribution in [0.5, 0.6) is 5.75 Å². The number of aromatic nitrogens is 1. The minimum Gasteiger partial charge on any atom is -0.497 e. The maximum atomic E-state index is 13.7. The van der Waals surface area contributed by atoms with Gasteiger partial charge in [-0.15, -0.1) is 11.3 Å². The van der Waals surface area contributed by atoms with Crippen molar-refractivity contribution in [3.63, 3.8) is 0 Å². The molecule has 2 aromatic carbocycles. The Morgan fingerprint density at radius 1 is 1.22 bits per heavy atom. The molecule has 1 atom stereocenters. The normalized spacial score (nSPS) is 11.8. The number of quaternary nitrogens is 1. The minimum absolute atomic E-state index is 0.153. The molecule has 0 radical (unpaired) electrons. The van der Waals surface area contributed by atoms with Crippen LogP contribution in [-0.2, 0) is 11.3 Å². The molecule has 3 rings (SSSR count). The zero-order valence-corrected chi connectivity index (χ0v) is 16.0. The Kier molecular flexibility index (Phi) is 6.16. The second-order valence-electron chi connectivity index (χ2n) is 6.22. The molecule has 0 saturated heterocycles. The smallest absolute Gasteiger partial charge is 0.281 e. The van der Waals surface area contributed by atoms with Gasteiger partial charge in [-0.05, 0) is 30.3 Å². The highest BCUT2D eigenvalue weighted by atomic mass is 32.1. The summed E-state index contributed by atoms with van der Waals surface area (Å²) in [5, 5.41) is 5.26. The summed E-state index contributed by atoms with van der Waals surface area (Å²) in [7, 11) is 3.48. The summed E-state index contributed by atoms with van der Waals surface area (Å²) < 4.78 is 18.9. The number of halogens is 1. The Balaban J connectivity index is 1.56. The number of anilines is 1. The summed E-state index contributed by atoms with van der Waals surface area (Å²) in [4.78, 5) is 17.6. The molecule has 0 aliphatic rings. The van der Waals surface area contributed by atoms with E-state index >= 15 is 0 Å². The summed E-state index contributed by atoms with van der Waals surface area (Å²) in [5.74, 6) is 0.379. The highest BCUT2D eigenvalue weighted by Crippen LogP contribution is 2.26. The fourth-order valence-electron chi connectivity index (χ4n) is 2.69. The molecule has 0 saturated carbocycles. The first-order valence-corrected chi connectivity index (χ1v) is 9.37. The number of likely N-dealkylation sites (N-methyl/N-ethyl adjacent to an activating group) is 1. The molecular weight excluding hydrogens is 365 g/mol. The average molecular weight is 386 g/mol. The number of methoxy groups -OCH3 is 1. The minimum atomic E-state index is -0.249. The molecule has 1 unspecified atom stereocenters. The molecule has 1 aromatic heterocycles. The molecule has 1 heterocycles. The van der Waals surface area contributed by atoms with Gasteiger partial charge in [0, 0.05) is 16.5 Å². The number of nitrogens with one attached hydrogen (secondary N) is 2. The third-order valence-corrected chi connectivity index (χ3v) is 4.81. The van der Waals surface area contributed by atoms with E-state index < -0.39 is 0 Å². The molecule has 3 aromatic rings. The molecule has 140 valence electrons. The van der Waals surface area contributed by atoms with Gasteiger partial charge >= 0.3 is 0 Å². The van der Waals surface area contributed by atoms with Crippen LogP contribution in [0.1, 0.15) is 5.56 Å². The zero-order valence-electron chi connectivity index (χ0n) is 15.2. The first-order valence-electron chi connectivity index (χ1n) is 8.49. The van der Waals surface area contributed by atoms with E-state index in [2.05, 4.69) is 10.3 Å². The van der Waals surface area contributed by atoms with Crippen molar-refractivity contribution >= 4 is 22.4 Å². The van der Waals surface area contributed by atoms with Crippen molar-refractivity contribution in [2.75, 3.05) is 26.0 Å². The van der Waals surface area contributed by atoms with E-state index in [1.54, 1.807) is 25.3 Å². The molecular formula is C20H21FN3O2S+. The standard InChI is InChI=1S/C20H20FN3O2S/c1-24(11-15-5-3-4-6-17(15)21)12-19(25)23-20-22-18(13-27-20)14-7-9-16(26-2)10-8-14/h3-10,13H,11-12H2,1-2H3,(H,22,23,25)/p+1. The number of ether oxygens (including phenoxy) is 1. The predicted octanol–water partition coefficient (Wildman–Crippen LogP) is 2.61. The molecule has 5 nitrogen and oxygen atoms in total. The molecule has 0 aliphatic heterocycles. The van der Waals surface area contributed by atoms with Gasteiger partial charge < -0.3 is 9.64 Å². The summed E-state index contributed by atoms with van der Waals surface area (Å²) in [6.45, 7) is 0.668. The number of carbonyl (C=O) groups is 1. The molecule has 27 heavy (non-hydrogen) atoms. The third kappa shape index (κ3) is 5.12. The Bertz CT molecular complexity index is 912. The van der Waals surface area contributed by atoms with Crippen molar-refractivity contribution in [1.29, 1.82) is 0 Å². The number of rotatable bonds is 7. The second-order valence-corrected chi connectivity index (χ2v) is 7.07. The van der Waals surface area contributed by atoms with Gasteiger partial charge in [0.1, 0.15) is 18.1 Å². The summed E-state index contributed by atoms with van der Waals surface area (Å²) in [6, 6.07) is 14.2. The molecule has 0 bridgehead atoms. The van der Waals surface area contributed by atoms with E-state index in [1.807, 2.05) is 36.7 Å². The summed E-state index contributed by atoms with van der Waals surface area (Å²) >= 11 is 1.37. The summed E-state index contributed by atoms with van der Waals surface area (Å²) in [5.41, 5.74) is 2.35. The van der Waals surface area contributed by atoms with Crippen LogP contribution >= 0.6 is 11.3 Å². The first-order chi connectivity index (χ1) is 13.0. The van der Waals surface area contributed by atoms with Crippen molar-refractivity contribution in [2.45, 2.75) is 6.54 Å². The Hall–Kier alpha value is -2.77. The van der Waals surface area contributed by atoms with Crippen LogP contribution in [0.25, 0.3) is 11.3 Å². The maximum Gasteiger partial charge on any atom is 0.281 e. The SMILES string of the molecule is COc1ccc(-c2csc(NC(=O)C[NH+](C)Cc3ccccc3F)n2)cc1. The number of amides is 1. The molecule has 7 heteroatoms. The Labute approximate surface area is 161 Å². The van der Waals surface area contributed by atoms with Gasteiger partial charge in [-0.1, -0.05) is 18.2 Å². The van der Waals surface area contributed by atoms with Gasteiger partial charge in [0.05, 0.1) is 19.9 Å². The van der Waals surface area contributed by atoms with Crippen LogP contribution in [0.3, 0.4) is 0 Å².